The van der Waals surface area contributed by atoms with E-state index in [-0.39, 0.29) is 31.2 Å². The number of hydrogen-bond acceptors (Lipinski definition) is 5. The summed E-state index contributed by atoms with van der Waals surface area (Å²) in [4.78, 5) is 38.0. The van der Waals surface area contributed by atoms with E-state index in [1.165, 1.54) is 19.0 Å². The SMILES string of the molecule is CN(C)C(=O)[C@@H](NC(=O)CNC(=O)C(O)C(N)C(F)(F)C1CCC1)c1ccccc1.Cl. The normalized spacial score (nSPS) is 16.7. The molecule has 5 N–H and O–H groups in total. The van der Waals surface area contributed by atoms with Crippen molar-refractivity contribution in [2.24, 2.45) is 11.7 Å². The van der Waals surface area contributed by atoms with Gasteiger partial charge in [-0.25, -0.2) is 8.78 Å². The monoisotopic (exact) mass is 462 g/mol. The molecule has 3 atom stereocenters. The minimum atomic E-state index is -3.38. The van der Waals surface area contributed by atoms with Gasteiger partial charge in [-0.1, -0.05) is 36.8 Å². The molecule has 2 rings (SSSR count). The number of hydrogen-bond donors (Lipinski definition) is 4. The number of rotatable bonds is 9. The summed E-state index contributed by atoms with van der Waals surface area (Å²) in [6.07, 6.45) is -0.929. The highest BCUT2D eigenvalue weighted by molar-refractivity contribution is 5.91. The molecular formula is C20H29ClF2N4O4. The van der Waals surface area contributed by atoms with Crippen LogP contribution in [0.1, 0.15) is 30.9 Å². The molecule has 0 radical (unpaired) electrons. The molecule has 0 bridgehead atoms. The average molecular weight is 463 g/mol. The van der Waals surface area contributed by atoms with Crippen LogP contribution < -0.4 is 16.4 Å². The van der Waals surface area contributed by atoms with Crippen LogP contribution in [0.4, 0.5) is 8.78 Å². The number of alkyl halides is 2. The van der Waals surface area contributed by atoms with Crippen LogP contribution in [0.5, 0.6) is 0 Å². The van der Waals surface area contributed by atoms with Crippen molar-refractivity contribution in [2.75, 3.05) is 20.6 Å². The molecule has 8 nitrogen and oxygen atoms in total. The number of benzene rings is 1. The zero-order valence-electron chi connectivity index (χ0n) is 17.4. The molecule has 1 fully saturated rings. The number of nitrogens with two attached hydrogens (primary N) is 1. The van der Waals surface area contributed by atoms with Crippen LogP contribution in [0.25, 0.3) is 0 Å². The fraction of sp³-hybridized carbons (Fsp3) is 0.550. The topological polar surface area (TPSA) is 125 Å². The molecule has 3 amide bonds. The summed E-state index contributed by atoms with van der Waals surface area (Å²) in [5.74, 6) is -6.62. The van der Waals surface area contributed by atoms with Crippen molar-refractivity contribution in [3.63, 3.8) is 0 Å². The van der Waals surface area contributed by atoms with Gasteiger partial charge in [0.25, 0.3) is 11.8 Å². The summed E-state index contributed by atoms with van der Waals surface area (Å²) < 4.78 is 28.4. The van der Waals surface area contributed by atoms with Gasteiger partial charge >= 0.3 is 0 Å². The van der Waals surface area contributed by atoms with Crippen LogP contribution in [-0.4, -0.2) is 66.4 Å². The van der Waals surface area contributed by atoms with E-state index in [4.69, 9.17) is 5.73 Å². The first-order valence-electron chi connectivity index (χ1n) is 9.70. The second-order valence-electron chi connectivity index (χ2n) is 7.63. The quantitative estimate of drug-likeness (QED) is 0.427. The predicted octanol–water partition coefficient (Wildman–Crippen LogP) is 0.594. The number of likely N-dealkylation sites (N-methyl/N-ethyl adjacent to an activating group) is 1. The van der Waals surface area contributed by atoms with E-state index in [0.29, 0.717) is 12.0 Å². The van der Waals surface area contributed by atoms with Crippen LogP contribution in [0, 0.1) is 5.92 Å². The molecule has 0 saturated heterocycles. The maximum Gasteiger partial charge on any atom is 0.268 e. The molecule has 1 aliphatic rings. The van der Waals surface area contributed by atoms with Gasteiger partial charge in [0.2, 0.25) is 11.8 Å². The van der Waals surface area contributed by atoms with Crippen LogP contribution in [-0.2, 0) is 14.4 Å². The maximum absolute atomic E-state index is 14.2. The van der Waals surface area contributed by atoms with Gasteiger partial charge in [0, 0.05) is 20.0 Å². The first kappa shape index (κ1) is 26.7. The molecule has 0 aromatic heterocycles. The van der Waals surface area contributed by atoms with E-state index in [2.05, 4.69) is 10.6 Å². The highest BCUT2D eigenvalue weighted by Gasteiger charge is 2.51. The van der Waals surface area contributed by atoms with Crippen molar-refractivity contribution in [3.05, 3.63) is 35.9 Å². The smallest absolute Gasteiger partial charge is 0.268 e. The zero-order chi connectivity index (χ0) is 22.5. The minimum absolute atomic E-state index is 0. The van der Waals surface area contributed by atoms with Gasteiger partial charge < -0.3 is 26.4 Å². The Morgan fingerprint density at radius 1 is 1.23 bits per heavy atom. The highest BCUT2D eigenvalue weighted by Crippen LogP contribution is 2.42. The van der Waals surface area contributed by atoms with E-state index < -0.39 is 48.4 Å². The fourth-order valence-electron chi connectivity index (χ4n) is 3.11. The molecule has 1 aliphatic carbocycles. The number of aliphatic hydroxyl groups is 1. The molecule has 11 heteroatoms. The van der Waals surface area contributed by atoms with E-state index in [0.717, 1.165) is 0 Å². The number of carbonyl (C=O) groups excluding carboxylic acids is 3. The molecule has 174 valence electrons. The third kappa shape index (κ3) is 6.59. The number of amides is 3. The largest absolute Gasteiger partial charge is 0.381 e. The summed E-state index contributed by atoms with van der Waals surface area (Å²) in [6.45, 7) is -0.609. The Kier molecular flexibility index (Phi) is 9.79. The maximum atomic E-state index is 14.2. The number of nitrogens with one attached hydrogen (secondary N) is 2. The van der Waals surface area contributed by atoms with Crippen LogP contribution in [0.2, 0.25) is 0 Å². The molecule has 31 heavy (non-hydrogen) atoms. The summed E-state index contributed by atoms with van der Waals surface area (Å²) in [7, 11) is 3.07. The molecule has 1 aromatic carbocycles. The molecule has 0 heterocycles. The van der Waals surface area contributed by atoms with Gasteiger partial charge in [0.1, 0.15) is 12.1 Å². The first-order chi connectivity index (χ1) is 14.1. The van der Waals surface area contributed by atoms with E-state index in [1.54, 1.807) is 30.3 Å². The van der Waals surface area contributed by atoms with Crippen molar-refractivity contribution < 1.29 is 28.3 Å². The Bertz CT molecular complexity index is 763. The summed E-state index contributed by atoms with van der Waals surface area (Å²) in [5, 5.41) is 14.5. The van der Waals surface area contributed by atoms with Gasteiger partial charge in [0.15, 0.2) is 6.10 Å². The van der Waals surface area contributed by atoms with Crippen LogP contribution >= 0.6 is 12.4 Å². The lowest BCUT2D eigenvalue weighted by Gasteiger charge is -2.38. The average Bonchev–Trinajstić information content (AvgIpc) is 2.67. The third-order valence-corrected chi connectivity index (χ3v) is 5.25. The minimum Gasteiger partial charge on any atom is -0.381 e. The first-order valence-corrected chi connectivity index (χ1v) is 9.70. The molecule has 0 spiro atoms. The molecule has 0 aliphatic heterocycles. The lowest BCUT2D eigenvalue weighted by atomic mass is 9.77. The summed E-state index contributed by atoms with van der Waals surface area (Å²) in [6, 6.07) is 5.44. The predicted molar refractivity (Wildman–Crippen MR) is 113 cm³/mol. The van der Waals surface area contributed by atoms with E-state index >= 15 is 0 Å². The van der Waals surface area contributed by atoms with Crippen LogP contribution in [0.15, 0.2) is 30.3 Å². The molecular weight excluding hydrogens is 434 g/mol. The number of nitrogens with zero attached hydrogens (tertiary/aromatic N) is 1. The second kappa shape index (κ2) is 11.4. The van der Waals surface area contributed by atoms with Crippen molar-refractivity contribution in [3.8, 4) is 0 Å². The van der Waals surface area contributed by atoms with Crippen molar-refractivity contribution >= 4 is 30.1 Å². The lowest BCUT2D eigenvalue weighted by Crippen LogP contribution is -2.59. The Morgan fingerprint density at radius 3 is 2.29 bits per heavy atom. The Morgan fingerprint density at radius 2 is 1.81 bits per heavy atom. The van der Waals surface area contributed by atoms with Crippen molar-refractivity contribution in [1.29, 1.82) is 0 Å². The molecule has 2 unspecified atom stereocenters. The van der Waals surface area contributed by atoms with Gasteiger partial charge in [-0.2, -0.15) is 0 Å². The number of aliphatic hydroxyl groups excluding tert-OH is 1. The lowest BCUT2D eigenvalue weighted by molar-refractivity contribution is -0.151. The molecule has 1 aromatic rings. The van der Waals surface area contributed by atoms with Crippen molar-refractivity contribution in [2.45, 2.75) is 43.4 Å². The second-order valence-corrected chi connectivity index (χ2v) is 7.63. The highest BCUT2D eigenvalue weighted by atomic mass is 35.5. The zero-order valence-corrected chi connectivity index (χ0v) is 18.2. The van der Waals surface area contributed by atoms with Crippen molar-refractivity contribution in [1.82, 2.24) is 15.5 Å². The van der Waals surface area contributed by atoms with E-state index in [1.807, 2.05) is 0 Å². The Hall–Kier alpha value is -2.30. The van der Waals surface area contributed by atoms with E-state index in [9.17, 15) is 28.3 Å². The Balaban J connectivity index is 0.00000480. The molecule has 1 saturated carbocycles. The van der Waals surface area contributed by atoms with Gasteiger partial charge in [0.05, 0.1) is 6.54 Å². The number of carbonyl (C=O) groups is 3. The van der Waals surface area contributed by atoms with Crippen LogP contribution in [0.3, 0.4) is 0 Å². The number of halogens is 3. The standard InChI is InChI=1S/C20H28F2N4O4.ClH/c1-26(2)19(30)15(12-7-4-3-5-8-12)25-14(27)11-24-18(29)16(28)17(23)20(21,22)13-9-6-10-13;/h3-5,7-8,13,15-17,28H,6,9-11,23H2,1-2H3,(H,24,29)(H,25,27);1H/t15-,16?,17?;/m0./s1. The fourth-order valence-corrected chi connectivity index (χ4v) is 3.11. The summed E-state index contributed by atoms with van der Waals surface area (Å²) in [5.41, 5.74) is 5.97. The Labute approximate surface area is 185 Å². The van der Waals surface area contributed by atoms with Gasteiger partial charge in [-0.05, 0) is 18.4 Å². The van der Waals surface area contributed by atoms with Gasteiger partial charge in [-0.15, -0.1) is 12.4 Å². The third-order valence-electron chi connectivity index (χ3n) is 5.25. The van der Waals surface area contributed by atoms with Gasteiger partial charge in [-0.3, -0.25) is 14.4 Å². The summed E-state index contributed by atoms with van der Waals surface area (Å²) >= 11 is 0.